The van der Waals surface area contributed by atoms with Crippen molar-refractivity contribution < 1.29 is 9.53 Å². The van der Waals surface area contributed by atoms with Crippen LogP contribution in [0.5, 0.6) is 5.75 Å². The number of carbonyl (C=O) groups excluding carboxylic acids is 1. The van der Waals surface area contributed by atoms with Crippen LogP contribution >= 0.6 is 0 Å². The lowest BCUT2D eigenvalue weighted by Crippen LogP contribution is -2.36. The van der Waals surface area contributed by atoms with Crippen LogP contribution in [-0.2, 0) is 0 Å². The van der Waals surface area contributed by atoms with Gasteiger partial charge in [-0.1, -0.05) is 0 Å². The monoisotopic (exact) mass is 243 g/mol. The third kappa shape index (κ3) is 2.24. The molecule has 3 nitrogen and oxygen atoms in total. The van der Waals surface area contributed by atoms with Gasteiger partial charge in [0.1, 0.15) is 11.2 Å². The zero-order valence-corrected chi connectivity index (χ0v) is 10.8. The van der Waals surface area contributed by atoms with Crippen LogP contribution in [0.4, 0.5) is 0 Å². The number of nitriles is 1. The molecular formula is C15H17NO2. The van der Waals surface area contributed by atoms with Crippen molar-refractivity contribution >= 4 is 5.78 Å². The van der Waals surface area contributed by atoms with Crippen LogP contribution in [-0.4, -0.2) is 11.9 Å². The van der Waals surface area contributed by atoms with Crippen molar-refractivity contribution in [2.75, 3.05) is 0 Å². The molecular weight excluding hydrogens is 226 g/mol. The Morgan fingerprint density at radius 2 is 1.94 bits per heavy atom. The second-order valence-electron chi connectivity index (χ2n) is 5.07. The number of nitrogens with zero attached hydrogens (tertiary/aromatic N) is 1. The second kappa shape index (κ2) is 4.81. The molecule has 0 unspecified atom stereocenters. The summed E-state index contributed by atoms with van der Waals surface area (Å²) in [6.45, 7) is 3.91. The fraction of sp³-hybridized carbons (Fsp3) is 0.467. The van der Waals surface area contributed by atoms with Crippen molar-refractivity contribution in [3.63, 3.8) is 0 Å². The quantitative estimate of drug-likeness (QED) is 0.762. The van der Waals surface area contributed by atoms with Gasteiger partial charge in [0.05, 0.1) is 12.2 Å². The summed E-state index contributed by atoms with van der Waals surface area (Å²) >= 11 is 0. The summed E-state index contributed by atoms with van der Waals surface area (Å²) in [5.74, 6) is 0.702. The van der Waals surface area contributed by atoms with Gasteiger partial charge in [-0.15, -0.1) is 0 Å². The Labute approximate surface area is 107 Å². The van der Waals surface area contributed by atoms with Crippen LogP contribution in [0.25, 0.3) is 0 Å². The fourth-order valence-corrected chi connectivity index (χ4v) is 2.15. The van der Waals surface area contributed by atoms with Crippen molar-refractivity contribution in [3.05, 3.63) is 29.8 Å². The summed E-state index contributed by atoms with van der Waals surface area (Å²) in [4.78, 5) is 12.3. The molecule has 0 spiro atoms. The van der Waals surface area contributed by atoms with Gasteiger partial charge < -0.3 is 4.74 Å². The van der Waals surface area contributed by atoms with Gasteiger partial charge >= 0.3 is 0 Å². The largest absolute Gasteiger partial charge is 0.491 e. The summed E-state index contributed by atoms with van der Waals surface area (Å²) in [5, 5.41) is 9.15. The first-order chi connectivity index (χ1) is 8.57. The Bertz CT molecular complexity index is 478. The van der Waals surface area contributed by atoms with Crippen LogP contribution < -0.4 is 4.74 Å². The van der Waals surface area contributed by atoms with E-state index < -0.39 is 5.41 Å². The number of hydrogen-bond donors (Lipinski definition) is 0. The lowest BCUT2D eigenvalue weighted by atomic mass is 9.66. The molecule has 1 aliphatic carbocycles. The third-order valence-electron chi connectivity index (χ3n) is 3.34. The van der Waals surface area contributed by atoms with Crippen molar-refractivity contribution in [2.45, 2.75) is 39.2 Å². The first-order valence-electron chi connectivity index (χ1n) is 6.30. The highest BCUT2D eigenvalue weighted by Gasteiger charge is 2.44. The Morgan fingerprint density at radius 3 is 2.33 bits per heavy atom. The lowest BCUT2D eigenvalue weighted by molar-refractivity contribution is 0.0748. The summed E-state index contributed by atoms with van der Waals surface area (Å²) in [6, 6.07) is 9.25. The molecule has 0 bridgehead atoms. The minimum absolute atomic E-state index is 0.0488. The van der Waals surface area contributed by atoms with Crippen molar-refractivity contribution in [1.82, 2.24) is 0 Å². The van der Waals surface area contributed by atoms with E-state index in [2.05, 4.69) is 6.07 Å². The topological polar surface area (TPSA) is 50.1 Å². The highest BCUT2D eigenvalue weighted by molar-refractivity contribution is 6.02. The van der Waals surface area contributed by atoms with Crippen LogP contribution in [0, 0.1) is 16.7 Å². The summed E-state index contributed by atoms with van der Waals surface area (Å²) in [6.07, 6.45) is 2.45. The van der Waals surface area contributed by atoms with Gasteiger partial charge in [0.15, 0.2) is 5.78 Å². The Hall–Kier alpha value is -1.82. The molecule has 2 rings (SSSR count). The van der Waals surface area contributed by atoms with E-state index in [9.17, 15) is 4.79 Å². The second-order valence-corrected chi connectivity index (χ2v) is 5.07. The molecule has 1 aromatic rings. The number of hydrogen-bond acceptors (Lipinski definition) is 3. The standard InChI is InChI=1S/C15H17NO2/c1-11(2)18-13-6-4-12(5-7-13)14(17)15(10-16)8-3-9-15/h4-7,11H,3,8-9H2,1-2H3. The van der Waals surface area contributed by atoms with E-state index in [1.54, 1.807) is 24.3 Å². The summed E-state index contributed by atoms with van der Waals surface area (Å²) in [7, 11) is 0. The molecule has 1 saturated carbocycles. The zero-order chi connectivity index (χ0) is 13.2. The number of carbonyl (C=O) groups is 1. The van der Waals surface area contributed by atoms with Crippen LogP contribution in [0.3, 0.4) is 0 Å². The van der Waals surface area contributed by atoms with Crippen molar-refractivity contribution in [2.24, 2.45) is 5.41 Å². The van der Waals surface area contributed by atoms with E-state index >= 15 is 0 Å². The van der Waals surface area contributed by atoms with Gasteiger partial charge in [0.2, 0.25) is 0 Å². The fourth-order valence-electron chi connectivity index (χ4n) is 2.15. The molecule has 0 saturated heterocycles. The molecule has 0 N–H and O–H groups in total. The average Bonchev–Trinajstić information content (AvgIpc) is 2.28. The van der Waals surface area contributed by atoms with Crippen LogP contribution in [0.15, 0.2) is 24.3 Å². The van der Waals surface area contributed by atoms with Gasteiger partial charge in [-0.05, 0) is 57.4 Å². The molecule has 0 aromatic heterocycles. The van der Waals surface area contributed by atoms with Gasteiger partial charge in [0, 0.05) is 5.56 Å². The molecule has 0 heterocycles. The normalized spacial score (nSPS) is 16.8. The van der Waals surface area contributed by atoms with E-state index in [0.717, 1.165) is 12.2 Å². The Kier molecular flexibility index (Phi) is 3.38. The van der Waals surface area contributed by atoms with E-state index in [-0.39, 0.29) is 11.9 Å². The lowest BCUT2D eigenvalue weighted by Gasteiger charge is -2.33. The number of benzene rings is 1. The molecule has 0 atom stereocenters. The summed E-state index contributed by atoms with van der Waals surface area (Å²) in [5.41, 5.74) is -0.159. The maximum absolute atomic E-state index is 12.3. The third-order valence-corrected chi connectivity index (χ3v) is 3.34. The minimum atomic E-state index is -0.763. The van der Waals surface area contributed by atoms with Crippen molar-refractivity contribution in [1.29, 1.82) is 5.26 Å². The smallest absolute Gasteiger partial charge is 0.183 e. The molecule has 1 aromatic carbocycles. The molecule has 0 radical (unpaired) electrons. The maximum Gasteiger partial charge on any atom is 0.183 e. The zero-order valence-electron chi connectivity index (χ0n) is 10.8. The Morgan fingerprint density at radius 1 is 1.33 bits per heavy atom. The molecule has 18 heavy (non-hydrogen) atoms. The van der Waals surface area contributed by atoms with Gasteiger partial charge in [0.25, 0.3) is 0 Å². The predicted molar refractivity (Wildman–Crippen MR) is 68.4 cm³/mol. The summed E-state index contributed by atoms with van der Waals surface area (Å²) < 4.78 is 5.52. The molecule has 1 aliphatic rings. The number of Topliss-reactive ketones (excluding diaryl/α,β-unsaturated/α-hetero) is 1. The highest BCUT2D eigenvalue weighted by Crippen LogP contribution is 2.43. The molecule has 94 valence electrons. The first-order valence-corrected chi connectivity index (χ1v) is 6.30. The molecule has 0 aliphatic heterocycles. The van der Waals surface area contributed by atoms with E-state index in [1.165, 1.54) is 0 Å². The van der Waals surface area contributed by atoms with Gasteiger partial charge in [-0.3, -0.25) is 4.79 Å². The minimum Gasteiger partial charge on any atom is -0.491 e. The number of ketones is 1. The maximum atomic E-state index is 12.3. The number of ether oxygens (including phenoxy) is 1. The predicted octanol–water partition coefficient (Wildman–Crippen LogP) is 3.35. The van der Waals surface area contributed by atoms with Gasteiger partial charge in [-0.2, -0.15) is 5.26 Å². The van der Waals surface area contributed by atoms with Gasteiger partial charge in [-0.25, -0.2) is 0 Å². The van der Waals surface area contributed by atoms with Crippen molar-refractivity contribution in [3.8, 4) is 11.8 Å². The first kappa shape index (κ1) is 12.6. The Balaban J connectivity index is 2.15. The number of rotatable bonds is 4. The van der Waals surface area contributed by atoms with E-state index in [0.29, 0.717) is 18.4 Å². The van der Waals surface area contributed by atoms with E-state index in [1.807, 2.05) is 13.8 Å². The SMILES string of the molecule is CC(C)Oc1ccc(C(=O)C2(C#N)CCC2)cc1. The van der Waals surface area contributed by atoms with E-state index in [4.69, 9.17) is 10.00 Å². The highest BCUT2D eigenvalue weighted by atomic mass is 16.5. The van der Waals surface area contributed by atoms with Crippen LogP contribution in [0.2, 0.25) is 0 Å². The van der Waals surface area contributed by atoms with Crippen LogP contribution in [0.1, 0.15) is 43.5 Å². The molecule has 1 fully saturated rings. The molecule has 3 heteroatoms. The average molecular weight is 243 g/mol. The molecule has 0 amide bonds.